The average molecular weight is 279 g/mol. The smallest absolute Gasteiger partial charge is 0.362 e. The van der Waals surface area contributed by atoms with Crippen LogP contribution in [0.15, 0.2) is 35.1 Å². The van der Waals surface area contributed by atoms with E-state index in [-0.39, 0.29) is 5.69 Å². The summed E-state index contributed by atoms with van der Waals surface area (Å²) < 4.78 is 6.02. The zero-order valence-corrected chi connectivity index (χ0v) is 11.1. The van der Waals surface area contributed by atoms with Gasteiger partial charge in [0.1, 0.15) is 0 Å². The molecule has 2 rings (SSSR count). The molecule has 0 aliphatic rings. The van der Waals surface area contributed by atoms with Crippen molar-refractivity contribution in [3.8, 4) is 5.69 Å². The highest BCUT2D eigenvalue weighted by Crippen LogP contribution is 2.13. The molecule has 98 valence electrons. The second-order valence-electron chi connectivity index (χ2n) is 3.88. The molecule has 1 aromatic heterocycles. The lowest BCUT2D eigenvalue weighted by Crippen LogP contribution is -2.23. The number of aromatic nitrogens is 2. The van der Waals surface area contributed by atoms with Gasteiger partial charge in [-0.05, 0) is 31.2 Å². The standard InChI is InChI=1S/C13H11ClN2O3/c1-8-7-11(17)12(13(18)19-2)15-16(8)10-5-3-9(14)4-6-10/h3-7H,1-2H3. The van der Waals surface area contributed by atoms with Gasteiger partial charge in [0.2, 0.25) is 11.1 Å². The molecule has 0 atom stereocenters. The van der Waals surface area contributed by atoms with E-state index >= 15 is 0 Å². The summed E-state index contributed by atoms with van der Waals surface area (Å²) in [5.74, 6) is -0.757. The number of esters is 1. The molecule has 0 spiro atoms. The zero-order valence-electron chi connectivity index (χ0n) is 10.4. The van der Waals surface area contributed by atoms with E-state index in [9.17, 15) is 9.59 Å². The van der Waals surface area contributed by atoms with Crippen molar-refractivity contribution in [2.45, 2.75) is 6.92 Å². The first-order valence-corrected chi connectivity index (χ1v) is 5.86. The lowest BCUT2D eigenvalue weighted by atomic mass is 10.3. The molecule has 0 unspecified atom stereocenters. The van der Waals surface area contributed by atoms with Gasteiger partial charge in [0, 0.05) is 16.8 Å². The van der Waals surface area contributed by atoms with Crippen LogP contribution in [0.5, 0.6) is 0 Å². The van der Waals surface area contributed by atoms with E-state index in [1.807, 2.05) is 0 Å². The van der Waals surface area contributed by atoms with Crippen LogP contribution in [0.25, 0.3) is 5.69 Å². The van der Waals surface area contributed by atoms with Gasteiger partial charge in [-0.3, -0.25) is 4.79 Å². The van der Waals surface area contributed by atoms with E-state index in [2.05, 4.69) is 9.84 Å². The van der Waals surface area contributed by atoms with Gasteiger partial charge in [0.05, 0.1) is 12.8 Å². The number of methoxy groups -OCH3 is 1. The van der Waals surface area contributed by atoms with Crippen molar-refractivity contribution in [2.75, 3.05) is 7.11 Å². The molecule has 19 heavy (non-hydrogen) atoms. The summed E-state index contributed by atoms with van der Waals surface area (Å²) in [5, 5.41) is 4.62. The molecule has 2 aromatic rings. The monoisotopic (exact) mass is 278 g/mol. The van der Waals surface area contributed by atoms with Crippen LogP contribution < -0.4 is 5.43 Å². The fourth-order valence-electron chi connectivity index (χ4n) is 1.63. The van der Waals surface area contributed by atoms with Crippen molar-refractivity contribution in [2.24, 2.45) is 0 Å². The Kier molecular flexibility index (Phi) is 3.66. The Bertz CT molecular complexity index is 677. The molecule has 1 heterocycles. The second kappa shape index (κ2) is 5.24. The summed E-state index contributed by atoms with van der Waals surface area (Å²) in [6, 6.07) is 8.23. The van der Waals surface area contributed by atoms with Crippen LogP contribution in [0.3, 0.4) is 0 Å². The summed E-state index contributed by atoms with van der Waals surface area (Å²) in [4.78, 5) is 23.1. The maximum atomic E-state index is 11.7. The van der Waals surface area contributed by atoms with Gasteiger partial charge in [-0.2, -0.15) is 5.10 Å². The van der Waals surface area contributed by atoms with Crippen LogP contribution >= 0.6 is 11.6 Å². The van der Waals surface area contributed by atoms with E-state index in [0.717, 1.165) is 0 Å². The first-order valence-electron chi connectivity index (χ1n) is 5.48. The number of rotatable bonds is 2. The number of hydrogen-bond donors (Lipinski definition) is 0. The molecule has 0 saturated carbocycles. The summed E-state index contributed by atoms with van der Waals surface area (Å²) in [5.41, 5.74) is 0.602. The maximum absolute atomic E-state index is 11.7. The van der Waals surface area contributed by atoms with Gasteiger partial charge in [-0.25, -0.2) is 9.48 Å². The predicted octanol–water partition coefficient (Wildman–Crippen LogP) is 1.98. The van der Waals surface area contributed by atoms with Crippen molar-refractivity contribution >= 4 is 17.6 Å². The fourth-order valence-corrected chi connectivity index (χ4v) is 1.76. The highest BCUT2D eigenvalue weighted by Gasteiger charge is 2.15. The van der Waals surface area contributed by atoms with E-state index in [0.29, 0.717) is 16.4 Å². The lowest BCUT2D eigenvalue weighted by molar-refractivity contribution is 0.0590. The Morgan fingerprint density at radius 1 is 1.32 bits per heavy atom. The lowest BCUT2D eigenvalue weighted by Gasteiger charge is -2.10. The predicted molar refractivity (Wildman–Crippen MR) is 70.9 cm³/mol. The number of benzene rings is 1. The molecule has 0 saturated heterocycles. The third-order valence-corrected chi connectivity index (χ3v) is 2.81. The Labute approximate surface area is 114 Å². The first kappa shape index (κ1) is 13.3. The van der Waals surface area contributed by atoms with Crippen molar-refractivity contribution < 1.29 is 9.53 Å². The molecular weight excluding hydrogens is 268 g/mol. The van der Waals surface area contributed by atoms with Gasteiger partial charge < -0.3 is 4.74 Å². The van der Waals surface area contributed by atoms with Crippen LogP contribution in [-0.4, -0.2) is 22.9 Å². The molecule has 0 bridgehead atoms. The number of carbonyl (C=O) groups excluding carboxylic acids is 1. The Balaban J connectivity index is 2.60. The Morgan fingerprint density at radius 2 is 1.95 bits per heavy atom. The van der Waals surface area contributed by atoms with Crippen LogP contribution in [0.1, 0.15) is 16.2 Å². The molecule has 0 aliphatic heterocycles. The second-order valence-corrected chi connectivity index (χ2v) is 4.31. The molecule has 1 aromatic carbocycles. The molecular formula is C13H11ClN2O3. The fraction of sp³-hybridized carbons (Fsp3) is 0.154. The highest BCUT2D eigenvalue weighted by atomic mass is 35.5. The molecule has 5 nitrogen and oxygen atoms in total. The topological polar surface area (TPSA) is 61.2 Å². The Morgan fingerprint density at radius 3 is 2.53 bits per heavy atom. The Hall–Kier alpha value is -2.14. The minimum atomic E-state index is -0.757. The van der Waals surface area contributed by atoms with Gasteiger partial charge in [-0.1, -0.05) is 11.6 Å². The quantitative estimate of drug-likeness (QED) is 0.788. The average Bonchev–Trinajstić information content (AvgIpc) is 2.39. The van der Waals surface area contributed by atoms with Crippen molar-refractivity contribution in [3.05, 3.63) is 57.0 Å². The number of carbonyl (C=O) groups is 1. The van der Waals surface area contributed by atoms with Crippen molar-refractivity contribution in [1.29, 1.82) is 0 Å². The van der Waals surface area contributed by atoms with Gasteiger partial charge >= 0.3 is 5.97 Å². The number of ether oxygens (including phenoxy) is 1. The third kappa shape index (κ3) is 2.66. The summed E-state index contributed by atoms with van der Waals surface area (Å²) in [7, 11) is 1.20. The van der Waals surface area contributed by atoms with Crippen LogP contribution in [-0.2, 0) is 4.74 Å². The number of aryl methyl sites for hydroxylation is 1. The van der Waals surface area contributed by atoms with E-state index < -0.39 is 11.4 Å². The highest BCUT2D eigenvalue weighted by molar-refractivity contribution is 6.30. The molecule has 0 amide bonds. The molecule has 0 radical (unpaired) electrons. The van der Waals surface area contributed by atoms with E-state index in [4.69, 9.17) is 11.6 Å². The van der Waals surface area contributed by atoms with Crippen LogP contribution in [0.4, 0.5) is 0 Å². The minimum Gasteiger partial charge on any atom is -0.464 e. The maximum Gasteiger partial charge on any atom is 0.362 e. The largest absolute Gasteiger partial charge is 0.464 e. The van der Waals surface area contributed by atoms with Crippen molar-refractivity contribution in [3.63, 3.8) is 0 Å². The zero-order chi connectivity index (χ0) is 14.0. The summed E-state index contributed by atoms with van der Waals surface area (Å²) in [6.07, 6.45) is 0. The third-order valence-electron chi connectivity index (χ3n) is 2.56. The SMILES string of the molecule is COC(=O)c1nn(-c2ccc(Cl)cc2)c(C)cc1=O. The van der Waals surface area contributed by atoms with Crippen LogP contribution in [0, 0.1) is 6.92 Å². The van der Waals surface area contributed by atoms with E-state index in [1.165, 1.54) is 17.9 Å². The van der Waals surface area contributed by atoms with E-state index in [1.54, 1.807) is 31.2 Å². The first-order chi connectivity index (χ1) is 9.02. The van der Waals surface area contributed by atoms with Gasteiger partial charge in [-0.15, -0.1) is 0 Å². The normalized spacial score (nSPS) is 10.3. The van der Waals surface area contributed by atoms with Gasteiger partial charge in [0.25, 0.3) is 0 Å². The molecule has 0 aliphatic carbocycles. The van der Waals surface area contributed by atoms with Gasteiger partial charge in [0.15, 0.2) is 0 Å². The molecule has 0 N–H and O–H groups in total. The molecule has 0 fully saturated rings. The number of nitrogens with zero attached hydrogens (tertiary/aromatic N) is 2. The molecule has 6 heteroatoms. The van der Waals surface area contributed by atoms with Crippen molar-refractivity contribution in [1.82, 2.24) is 9.78 Å². The minimum absolute atomic E-state index is 0.247. The van der Waals surface area contributed by atoms with Crippen LogP contribution in [0.2, 0.25) is 5.02 Å². The number of hydrogen-bond acceptors (Lipinski definition) is 4. The number of halogens is 1. The summed E-state index contributed by atoms with van der Waals surface area (Å²) >= 11 is 5.81. The summed E-state index contributed by atoms with van der Waals surface area (Å²) in [6.45, 7) is 1.73.